The molecule has 1 aliphatic carbocycles. The number of nitrogens with one attached hydrogen (secondary N) is 4. The Morgan fingerprint density at radius 1 is 0.707 bits per heavy atom. The summed E-state index contributed by atoms with van der Waals surface area (Å²) >= 11 is 0. The van der Waals surface area contributed by atoms with Gasteiger partial charge in [-0.3, -0.25) is 43.2 Å². The molecule has 1 heterocycles. The molecule has 0 bridgehead atoms. The van der Waals surface area contributed by atoms with Crippen molar-refractivity contribution in [2.75, 3.05) is 6.67 Å². The second kappa shape index (κ2) is 19.1. The van der Waals surface area contributed by atoms with E-state index in [0.717, 1.165) is 0 Å². The number of amides is 4. The van der Waals surface area contributed by atoms with Crippen LogP contribution >= 0.6 is 0 Å². The highest BCUT2D eigenvalue weighted by atomic mass is 19.1. The Morgan fingerprint density at radius 3 is 1.98 bits per heavy atom. The number of phenolic OH excluding ortho intramolecular Hbond substituents is 1. The zero-order chi connectivity index (χ0) is 42.8. The number of hydrogen-bond acceptors (Lipinski definition) is 11. The van der Waals surface area contributed by atoms with Gasteiger partial charge in [0.25, 0.3) is 5.91 Å². The minimum Gasteiger partial charge on any atom is -0.508 e. The maximum Gasteiger partial charge on any atom is 0.305 e. The lowest BCUT2D eigenvalue weighted by atomic mass is 9.90. The van der Waals surface area contributed by atoms with Gasteiger partial charge in [-0.25, -0.2) is 4.39 Å². The van der Waals surface area contributed by atoms with Gasteiger partial charge in [0.15, 0.2) is 11.2 Å². The molecule has 1 aliphatic heterocycles. The van der Waals surface area contributed by atoms with Gasteiger partial charge < -0.3 is 46.1 Å². The standard InChI is InChI=1S/C39H39FN4O14/c1-18(2)35(39(57)42-26(15-32(50)51)28(47)17-40)44-37(55)25(11-12-31(48)49)41-38(56)27(16-33(52)53)43-36(54)22-6-4-3-5-21(22)34-23-9-7-19(45)13-29(23)58-30-14-20(46)8-10-24(30)34/h3-10,13-14,18,25-27,35,45H,11-12,15-17H2,1-2H3,(H,41,56)(H,42,57)(H,43,54)(H,44,55)(H,48,49)(H,50,51)(H,52,53). The molecule has 4 atom stereocenters. The van der Waals surface area contributed by atoms with Crippen molar-refractivity contribution in [1.29, 1.82) is 0 Å². The molecule has 306 valence electrons. The number of carboxylic acid groups (broad SMARTS) is 3. The Morgan fingerprint density at radius 2 is 1.34 bits per heavy atom. The van der Waals surface area contributed by atoms with Gasteiger partial charge >= 0.3 is 17.9 Å². The maximum absolute atomic E-state index is 14.0. The maximum atomic E-state index is 14.0. The number of alkyl halides is 1. The van der Waals surface area contributed by atoms with E-state index in [2.05, 4.69) is 21.3 Å². The molecule has 8 N–H and O–H groups in total. The minimum atomic E-state index is -1.87. The van der Waals surface area contributed by atoms with E-state index >= 15 is 0 Å². The fraction of sp³-hybridized carbons (Fsp3) is 0.308. The predicted molar refractivity (Wildman–Crippen MR) is 200 cm³/mol. The van der Waals surface area contributed by atoms with Crippen LogP contribution in [0.1, 0.15) is 49.9 Å². The van der Waals surface area contributed by atoms with Crippen molar-refractivity contribution in [2.24, 2.45) is 5.92 Å². The summed E-state index contributed by atoms with van der Waals surface area (Å²) < 4.78 is 19.0. The van der Waals surface area contributed by atoms with Crippen LogP contribution in [0.25, 0.3) is 33.4 Å². The number of aliphatic carboxylic acids is 3. The van der Waals surface area contributed by atoms with Crippen LogP contribution in [0.3, 0.4) is 0 Å². The van der Waals surface area contributed by atoms with Crippen molar-refractivity contribution >= 4 is 58.3 Å². The minimum absolute atomic E-state index is 0.0721. The lowest BCUT2D eigenvalue weighted by Crippen LogP contribution is -2.59. The van der Waals surface area contributed by atoms with Crippen LogP contribution in [0, 0.1) is 5.92 Å². The van der Waals surface area contributed by atoms with Crippen LogP contribution in [0.15, 0.2) is 69.9 Å². The highest BCUT2D eigenvalue weighted by Gasteiger charge is 2.34. The summed E-state index contributed by atoms with van der Waals surface area (Å²) in [5, 5.41) is 47.7. The van der Waals surface area contributed by atoms with E-state index in [0.29, 0.717) is 16.5 Å². The van der Waals surface area contributed by atoms with Crippen molar-refractivity contribution in [2.45, 2.75) is 63.7 Å². The first kappa shape index (κ1) is 43.5. The number of halogens is 1. The molecular formula is C39H39FN4O14. The van der Waals surface area contributed by atoms with E-state index < -0.39 is 110 Å². The first-order valence-electron chi connectivity index (χ1n) is 17.6. The number of benzene rings is 3. The van der Waals surface area contributed by atoms with Crippen LogP contribution in [0.5, 0.6) is 5.75 Å². The van der Waals surface area contributed by atoms with Crippen LogP contribution in [-0.2, 0) is 33.6 Å². The molecular weight excluding hydrogens is 767 g/mol. The van der Waals surface area contributed by atoms with E-state index in [9.17, 15) is 62.9 Å². The molecule has 0 saturated heterocycles. The highest BCUT2D eigenvalue weighted by molar-refractivity contribution is 6.10. The smallest absolute Gasteiger partial charge is 0.305 e. The van der Waals surface area contributed by atoms with Gasteiger partial charge in [0.05, 0.1) is 12.8 Å². The van der Waals surface area contributed by atoms with Gasteiger partial charge in [-0.1, -0.05) is 32.0 Å². The number of carbonyl (C=O) groups excluding carboxylic acids is 5. The Bertz CT molecular complexity index is 2290. The monoisotopic (exact) mass is 806 g/mol. The first-order chi connectivity index (χ1) is 27.4. The fourth-order valence-electron chi connectivity index (χ4n) is 6.04. The first-order valence-corrected chi connectivity index (χ1v) is 17.6. The molecule has 4 rings (SSSR count). The van der Waals surface area contributed by atoms with Crippen LogP contribution in [0.2, 0.25) is 0 Å². The molecule has 0 fully saturated rings. The van der Waals surface area contributed by atoms with Crippen molar-refractivity contribution in [3.8, 4) is 28.2 Å². The van der Waals surface area contributed by atoms with E-state index in [-0.39, 0.29) is 33.6 Å². The predicted octanol–water partition coefficient (Wildman–Crippen LogP) is 1.83. The summed E-state index contributed by atoms with van der Waals surface area (Å²) in [6.07, 6.45) is -3.27. The molecule has 2 aromatic rings. The summed E-state index contributed by atoms with van der Waals surface area (Å²) in [5.74, 6) is -10.9. The summed E-state index contributed by atoms with van der Waals surface area (Å²) in [4.78, 5) is 113. The SMILES string of the molecule is CC(C)C(NC(=O)C(CCC(=O)O)NC(=O)C(CC(=O)O)NC(=O)c1ccccc1-c1c2ccc(=O)cc-2oc2cc(O)ccc12)C(=O)NC(CC(=O)O)C(=O)CF. The summed E-state index contributed by atoms with van der Waals surface area (Å²) in [6, 6.07) is 7.29. The lowest BCUT2D eigenvalue weighted by Gasteiger charge is -2.27. The topological polar surface area (TPSA) is 296 Å². The second-order valence-corrected chi connectivity index (χ2v) is 13.5. The van der Waals surface area contributed by atoms with Crippen molar-refractivity contribution < 1.29 is 67.6 Å². The number of hydrogen-bond donors (Lipinski definition) is 8. The molecule has 4 amide bonds. The van der Waals surface area contributed by atoms with Crippen LogP contribution in [0.4, 0.5) is 4.39 Å². The van der Waals surface area contributed by atoms with E-state index in [1.54, 1.807) is 12.1 Å². The third-order valence-electron chi connectivity index (χ3n) is 8.86. The normalized spacial score (nSPS) is 13.2. The molecule has 4 unspecified atom stereocenters. The van der Waals surface area contributed by atoms with Gasteiger partial charge in [-0.15, -0.1) is 0 Å². The average molecular weight is 807 g/mol. The molecule has 0 saturated carbocycles. The Hall–Kier alpha value is -7.18. The molecule has 58 heavy (non-hydrogen) atoms. The molecule has 18 nitrogen and oxygen atoms in total. The molecule has 0 spiro atoms. The quantitative estimate of drug-likeness (QED) is 0.0628. The Labute approximate surface area is 327 Å². The van der Waals surface area contributed by atoms with Crippen molar-refractivity contribution in [1.82, 2.24) is 21.3 Å². The number of rotatable bonds is 19. The molecule has 2 aliphatic rings. The number of phenols is 1. The highest BCUT2D eigenvalue weighted by Crippen LogP contribution is 2.41. The number of Topliss-reactive ketones (excluding diaryl/α,β-unsaturated/α-hetero) is 1. The number of carbonyl (C=O) groups is 8. The van der Waals surface area contributed by atoms with E-state index in [1.165, 1.54) is 62.4 Å². The van der Waals surface area contributed by atoms with Crippen molar-refractivity contribution in [3.63, 3.8) is 0 Å². The van der Waals surface area contributed by atoms with Crippen LogP contribution in [-0.4, -0.2) is 98.6 Å². The van der Waals surface area contributed by atoms with Gasteiger partial charge in [-0.05, 0) is 48.2 Å². The zero-order valence-corrected chi connectivity index (χ0v) is 30.9. The van der Waals surface area contributed by atoms with Crippen molar-refractivity contribution in [3.05, 3.63) is 76.5 Å². The Kier molecular flexibility index (Phi) is 14.4. The number of ketones is 1. The van der Waals surface area contributed by atoms with Gasteiger partial charge in [0, 0.05) is 40.6 Å². The number of fused-ring (bicyclic) bond motifs is 2. The van der Waals surface area contributed by atoms with E-state index in [4.69, 9.17) is 9.52 Å². The van der Waals surface area contributed by atoms with Gasteiger partial charge in [0.1, 0.15) is 47.9 Å². The molecule has 0 aromatic heterocycles. The van der Waals surface area contributed by atoms with Crippen LogP contribution < -0.4 is 26.7 Å². The molecule has 19 heteroatoms. The zero-order valence-electron chi connectivity index (χ0n) is 30.9. The lowest BCUT2D eigenvalue weighted by molar-refractivity contribution is -0.142. The number of carboxylic acids is 3. The van der Waals surface area contributed by atoms with Gasteiger partial charge in [0.2, 0.25) is 17.7 Å². The molecule has 2 aromatic carbocycles. The largest absolute Gasteiger partial charge is 0.508 e. The fourth-order valence-corrected chi connectivity index (χ4v) is 6.04. The average Bonchev–Trinajstić information content (AvgIpc) is 3.15. The summed E-state index contributed by atoms with van der Waals surface area (Å²) in [7, 11) is 0. The second-order valence-electron chi connectivity index (χ2n) is 13.5. The Balaban J connectivity index is 1.65. The third kappa shape index (κ3) is 11.0. The van der Waals surface area contributed by atoms with E-state index in [1.807, 2.05) is 0 Å². The van der Waals surface area contributed by atoms with Gasteiger partial charge in [-0.2, -0.15) is 0 Å². The molecule has 0 radical (unpaired) electrons. The number of aromatic hydroxyl groups is 1. The summed E-state index contributed by atoms with van der Waals surface area (Å²) in [6.45, 7) is 1.32. The summed E-state index contributed by atoms with van der Waals surface area (Å²) in [5.41, 5.74) is 0.728. The third-order valence-corrected chi connectivity index (χ3v) is 8.86.